The molecule has 0 aromatic carbocycles. The van der Waals surface area contributed by atoms with Gasteiger partial charge in [-0.1, -0.05) is 20.3 Å². The van der Waals surface area contributed by atoms with Crippen molar-refractivity contribution in [2.24, 2.45) is 0 Å². The quantitative estimate of drug-likeness (QED) is 0.646. The molecule has 3 nitrogen and oxygen atoms in total. The molecule has 0 amide bonds. The lowest BCUT2D eigenvalue weighted by atomic mass is 10.2. The molecule has 0 saturated carbocycles. The van der Waals surface area contributed by atoms with Crippen molar-refractivity contribution in [3.05, 3.63) is 30.1 Å². The lowest BCUT2D eigenvalue weighted by molar-refractivity contribution is 0.272. The van der Waals surface area contributed by atoms with Crippen LogP contribution in [0, 0.1) is 0 Å². The van der Waals surface area contributed by atoms with Gasteiger partial charge in [-0.05, 0) is 56.7 Å². The van der Waals surface area contributed by atoms with Crippen LogP contribution in [0.1, 0.15) is 38.7 Å². The van der Waals surface area contributed by atoms with Crippen molar-refractivity contribution >= 4 is 0 Å². The van der Waals surface area contributed by atoms with Crippen molar-refractivity contribution in [1.29, 1.82) is 0 Å². The molecule has 1 N–H and O–H groups in total. The Labute approximate surface area is 112 Å². The highest BCUT2D eigenvalue weighted by Gasteiger charge is 2.02. The topological polar surface area (TPSA) is 28.2 Å². The van der Waals surface area contributed by atoms with Crippen LogP contribution >= 0.6 is 0 Å². The second-order valence-electron chi connectivity index (χ2n) is 4.64. The van der Waals surface area contributed by atoms with Crippen molar-refractivity contribution in [3.8, 4) is 0 Å². The summed E-state index contributed by atoms with van der Waals surface area (Å²) in [6.45, 7) is 10.0. The van der Waals surface area contributed by atoms with Crippen LogP contribution in [0.15, 0.2) is 24.5 Å². The molecule has 0 fully saturated rings. The highest BCUT2D eigenvalue weighted by atomic mass is 15.1. The van der Waals surface area contributed by atoms with E-state index in [1.807, 2.05) is 12.4 Å². The molecule has 0 saturated heterocycles. The van der Waals surface area contributed by atoms with Gasteiger partial charge < -0.3 is 5.32 Å². The van der Waals surface area contributed by atoms with Crippen molar-refractivity contribution in [2.75, 3.05) is 26.2 Å². The van der Waals surface area contributed by atoms with E-state index in [0.717, 1.165) is 26.2 Å². The predicted molar refractivity (Wildman–Crippen MR) is 77.6 cm³/mol. The highest BCUT2D eigenvalue weighted by molar-refractivity contribution is 5.09. The number of hydrogen-bond donors (Lipinski definition) is 1. The summed E-state index contributed by atoms with van der Waals surface area (Å²) in [5.74, 6) is 0. The van der Waals surface area contributed by atoms with E-state index in [0.29, 0.717) is 0 Å². The Balaban J connectivity index is 2.14. The third-order valence-corrected chi connectivity index (χ3v) is 3.18. The number of rotatable bonds is 10. The van der Waals surface area contributed by atoms with Gasteiger partial charge in [0.1, 0.15) is 0 Å². The van der Waals surface area contributed by atoms with Crippen LogP contribution in [0.4, 0.5) is 0 Å². The number of aromatic nitrogens is 1. The summed E-state index contributed by atoms with van der Waals surface area (Å²) < 4.78 is 0. The van der Waals surface area contributed by atoms with Crippen molar-refractivity contribution in [1.82, 2.24) is 15.2 Å². The summed E-state index contributed by atoms with van der Waals surface area (Å²) in [5, 5.41) is 3.37. The largest absolute Gasteiger partial charge is 0.317 e. The van der Waals surface area contributed by atoms with Crippen LogP contribution in [0.25, 0.3) is 0 Å². The first-order valence-corrected chi connectivity index (χ1v) is 7.18. The second-order valence-corrected chi connectivity index (χ2v) is 4.64. The third-order valence-electron chi connectivity index (χ3n) is 3.18. The Kier molecular flexibility index (Phi) is 8.43. The fourth-order valence-corrected chi connectivity index (χ4v) is 2.03. The molecule has 3 heteroatoms. The second kappa shape index (κ2) is 10.0. The van der Waals surface area contributed by atoms with Gasteiger partial charge in [0.15, 0.2) is 0 Å². The molecule has 1 rings (SSSR count). The maximum atomic E-state index is 4.06. The maximum absolute atomic E-state index is 4.06. The van der Waals surface area contributed by atoms with Gasteiger partial charge in [0.05, 0.1) is 0 Å². The molecule has 18 heavy (non-hydrogen) atoms. The molecular weight excluding hydrogens is 222 g/mol. The minimum atomic E-state index is 1.05. The Hall–Kier alpha value is -0.930. The summed E-state index contributed by atoms with van der Waals surface area (Å²) in [6, 6.07) is 4.21. The van der Waals surface area contributed by atoms with Crippen molar-refractivity contribution in [2.45, 2.75) is 39.7 Å². The van der Waals surface area contributed by atoms with Crippen LogP contribution in [-0.4, -0.2) is 36.1 Å². The van der Waals surface area contributed by atoms with E-state index < -0.39 is 0 Å². The van der Waals surface area contributed by atoms with E-state index in [9.17, 15) is 0 Å². The summed E-state index contributed by atoms with van der Waals surface area (Å²) in [4.78, 5) is 6.56. The van der Waals surface area contributed by atoms with Gasteiger partial charge in [-0.2, -0.15) is 0 Å². The molecule has 0 atom stereocenters. The molecule has 0 aliphatic rings. The number of nitrogens with zero attached hydrogens (tertiary/aromatic N) is 2. The van der Waals surface area contributed by atoms with Crippen LogP contribution in [0.2, 0.25) is 0 Å². The van der Waals surface area contributed by atoms with E-state index in [4.69, 9.17) is 0 Å². The number of hydrogen-bond acceptors (Lipinski definition) is 3. The molecule has 1 aromatic rings. The minimum Gasteiger partial charge on any atom is -0.317 e. The zero-order valence-electron chi connectivity index (χ0n) is 11.9. The Bertz CT molecular complexity index is 287. The van der Waals surface area contributed by atoms with Gasteiger partial charge in [0, 0.05) is 18.9 Å². The van der Waals surface area contributed by atoms with Gasteiger partial charge >= 0.3 is 0 Å². The molecule has 0 unspecified atom stereocenters. The van der Waals surface area contributed by atoms with E-state index in [1.165, 1.54) is 31.4 Å². The summed E-state index contributed by atoms with van der Waals surface area (Å²) in [7, 11) is 0. The Morgan fingerprint density at radius 2 is 1.89 bits per heavy atom. The van der Waals surface area contributed by atoms with Crippen LogP contribution < -0.4 is 5.32 Å². The molecule has 0 radical (unpaired) electrons. The summed E-state index contributed by atoms with van der Waals surface area (Å²) >= 11 is 0. The van der Waals surface area contributed by atoms with Gasteiger partial charge in [-0.15, -0.1) is 0 Å². The SMILES string of the molecule is CCNCCCCCN(CC)Cc1ccncc1. The first kappa shape index (κ1) is 15.1. The zero-order valence-corrected chi connectivity index (χ0v) is 11.9. The number of nitrogens with one attached hydrogen (secondary N) is 1. The minimum absolute atomic E-state index is 1.05. The molecule has 0 aliphatic heterocycles. The summed E-state index contributed by atoms with van der Waals surface area (Å²) in [6.07, 6.45) is 7.66. The summed E-state index contributed by atoms with van der Waals surface area (Å²) in [5.41, 5.74) is 1.36. The number of pyridine rings is 1. The maximum Gasteiger partial charge on any atom is 0.0271 e. The Morgan fingerprint density at radius 1 is 1.11 bits per heavy atom. The molecule has 0 bridgehead atoms. The van der Waals surface area contributed by atoms with E-state index >= 15 is 0 Å². The Morgan fingerprint density at radius 3 is 2.56 bits per heavy atom. The van der Waals surface area contributed by atoms with Gasteiger partial charge in [-0.25, -0.2) is 0 Å². The fourth-order valence-electron chi connectivity index (χ4n) is 2.03. The molecule has 1 heterocycles. The van der Waals surface area contributed by atoms with E-state index in [1.54, 1.807) is 0 Å². The molecular formula is C15H27N3. The molecule has 1 aromatic heterocycles. The first-order valence-electron chi connectivity index (χ1n) is 7.18. The van der Waals surface area contributed by atoms with Crippen LogP contribution in [0.5, 0.6) is 0 Å². The first-order chi connectivity index (χ1) is 8.86. The normalized spacial score (nSPS) is 11.1. The standard InChI is InChI=1S/C15H27N3/c1-3-16-10-6-5-7-13-18(4-2)14-15-8-11-17-12-9-15/h8-9,11-12,16H,3-7,10,13-14H2,1-2H3. The fraction of sp³-hybridized carbons (Fsp3) is 0.667. The average molecular weight is 249 g/mol. The van der Waals surface area contributed by atoms with Crippen molar-refractivity contribution < 1.29 is 0 Å². The van der Waals surface area contributed by atoms with Crippen LogP contribution in [0.3, 0.4) is 0 Å². The zero-order chi connectivity index (χ0) is 13.1. The van der Waals surface area contributed by atoms with E-state index in [2.05, 4.69) is 41.2 Å². The monoisotopic (exact) mass is 249 g/mol. The lowest BCUT2D eigenvalue weighted by Gasteiger charge is -2.20. The lowest BCUT2D eigenvalue weighted by Crippen LogP contribution is -2.24. The predicted octanol–water partition coefficient (Wildman–Crippen LogP) is 2.68. The molecule has 0 aliphatic carbocycles. The molecule has 0 spiro atoms. The molecule has 102 valence electrons. The van der Waals surface area contributed by atoms with Gasteiger partial charge in [-0.3, -0.25) is 9.88 Å². The average Bonchev–Trinajstić information content (AvgIpc) is 2.42. The smallest absolute Gasteiger partial charge is 0.0271 e. The van der Waals surface area contributed by atoms with Gasteiger partial charge in [0.2, 0.25) is 0 Å². The van der Waals surface area contributed by atoms with Gasteiger partial charge in [0.25, 0.3) is 0 Å². The van der Waals surface area contributed by atoms with Crippen molar-refractivity contribution in [3.63, 3.8) is 0 Å². The number of unbranched alkanes of at least 4 members (excludes halogenated alkanes) is 2. The third kappa shape index (κ3) is 6.72. The van der Waals surface area contributed by atoms with E-state index in [-0.39, 0.29) is 0 Å². The van der Waals surface area contributed by atoms with Crippen LogP contribution in [-0.2, 0) is 6.54 Å². The highest BCUT2D eigenvalue weighted by Crippen LogP contribution is 2.05.